The molecule has 22 heavy (non-hydrogen) atoms. The fraction of sp³-hybridized carbons (Fsp3) is 0.364. The molecule has 0 aromatic carbocycles. The van der Waals surface area contributed by atoms with Crippen molar-refractivity contribution in [2.24, 2.45) is 0 Å². The molecule has 0 aliphatic heterocycles. The Kier molecular flexibility index (Phi) is 3.83. The number of aromatic nitrogens is 4. The number of pyridine rings is 1. The molecular formula is C11H7F7N4. The third kappa shape index (κ3) is 2.40. The second-order valence-electron chi connectivity index (χ2n) is 4.21. The van der Waals surface area contributed by atoms with Crippen molar-refractivity contribution in [2.75, 3.05) is 6.67 Å². The first-order chi connectivity index (χ1) is 10.1. The van der Waals surface area contributed by atoms with Gasteiger partial charge in [0.05, 0.1) is 0 Å². The summed E-state index contributed by atoms with van der Waals surface area (Å²) >= 11 is 0. The van der Waals surface area contributed by atoms with Crippen molar-refractivity contribution in [3.05, 3.63) is 30.2 Å². The van der Waals surface area contributed by atoms with Crippen molar-refractivity contribution in [1.29, 1.82) is 0 Å². The second-order valence-corrected chi connectivity index (χ2v) is 4.21. The molecule has 0 aliphatic carbocycles. The second kappa shape index (κ2) is 5.21. The van der Waals surface area contributed by atoms with Gasteiger partial charge in [-0.25, -0.2) is 9.37 Å². The molecule has 2 heterocycles. The van der Waals surface area contributed by atoms with Crippen LogP contribution in [-0.4, -0.2) is 38.7 Å². The molecule has 0 amide bonds. The Bertz CT molecular complexity index is 641. The summed E-state index contributed by atoms with van der Waals surface area (Å²) in [7, 11) is 0. The molecular weight excluding hydrogens is 321 g/mol. The van der Waals surface area contributed by atoms with Gasteiger partial charge < -0.3 is 0 Å². The van der Waals surface area contributed by atoms with Crippen LogP contribution in [0.1, 0.15) is 5.82 Å². The van der Waals surface area contributed by atoms with Gasteiger partial charge in [0, 0.05) is 6.20 Å². The zero-order valence-corrected chi connectivity index (χ0v) is 10.5. The maximum absolute atomic E-state index is 13.6. The van der Waals surface area contributed by atoms with E-state index >= 15 is 0 Å². The van der Waals surface area contributed by atoms with Gasteiger partial charge in [-0.1, -0.05) is 6.07 Å². The molecule has 0 atom stereocenters. The first-order valence-electron chi connectivity index (χ1n) is 5.67. The van der Waals surface area contributed by atoms with Crippen LogP contribution < -0.4 is 0 Å². The van der Waals surface area contributed by atoms with E-state index in [9.17, 15) is 30.7 Å². The number of hydrogen-bond donors (Lipinski definition) is 1. The van der Waals surface area contributed by atoms with Crippen LogP contribution in [0.3, 0.4) is 0 Å². The number of alkyl halides is 7. The molecule has 0 saturated carbocycles. The summed E-state index contributed by atoms with van der Waals surface area (Å²) in [5.41, 5.74) is -0.0404. The van der Waals surface area contributed by atoms with E-state index in [4.69, 9.17) is 0 Å². The highest BCUT2D eigenvalue weighted by atomic mass is 19.3. The lowest BCUT2D eigenvalue weighted by Gasteiger charge is -2.29. The Hall–Kier alpha value is -2.20. The average Bonchev–Trinajstić information content (AvgIpc) is 2.98. The van der Waals surface area contributed by atoms with Crippen molar-refractivity contribution in [3.63, 3.8) is 0 Å². The van der Waals surface area contributed by atoms with Crippen LogP contribution in [0, 0.1) is 0 Å². The summed E-state index contributed by atoms with van der Waals surface area (Å²) in [5, 5.41) is 4.68. The van der Waals surface area contributed by atoms with Gasteiger partial charge in [0.1, 0.15) is 5.69 Å². The van der Waals surface area contributed by atoms with Crippen LogP contribution >= 0.6 is 0 Å². The molecule has 2 aromatic heterocycles. The molecule has 0 fully saturated rings. The fourth-order valence-corrected chi connectivity index (χ4v) is 1.47. The summed E-state index contributed by atoms with van der Waals surface area (Å²) in [6, 6.07) is 4.23. The van der Waals surface area contributed by atoms with E-state index in [1.54, 1.807) is 0 Å². The van der Waals surface area contributed by atoms with Gasteiger partial charge in [-0.05, 0) is 12.1 Å². The molecule has 0 radical (unpaired) electrons. The quantitative estimate of drug-likeness (QED) is 0.858. The van der Waals surface area contributed by atoms with E-state index in [1.165, 1.54) is 29.5 Å². The third-order valence-corrected chi connectivity index (χ3v) is 2.70. The van der Waals surface area contributed by atoms with Crippen molar-refractivity contribution in [1.82, 2.24) is 20.2 Å². The van der Waals surface area contributed by atoms with E-state index in [0.29, 0.717) is 0 Å². The van der Waals surface area contributed by atoms with E-state index in [2.05, 4.69) is 15.1 Å². The zero-order chi connectivity index (χ0) is 16.6. The number of nitrogens with zero attached hydrogens (tertiary/aromatic N) is 3. The van der Waals surface area contributed by atoms with E-state index in [0.717, 1.165) is 0 Å². The van der Waals surface area contributed by atoms with Crippen LogP contribution in [0.2, 0.25) is 0 Å². The van der Waals surface area contributed by atoms with Crippen molar-refractivity contribution >= 4 is 0 Å². The highest BCUT2D eigenvalue weighted by molar-refractivity contribution is 5.47. The molecule has 1 N–H and O–H groups in total. The molecule has 120 valence electrons. The van der Waals surface area contributed by atoms with Gasteiger partial charge in [-0.2, -0.15) is 31.4 Å². The number of aromatic amines is 1. The third-order valence-electron chi connectivity index (χ3n) is 2.70. The highest BCUT2D eigenvalue weighted by Gasteiger charge is 2.73. The molecule has 0 spiro atoms. The Morgan fingerprint density at radius 2 is 1.73 bits per heavy atom. The van der Waals surface area contributed by atoms with Crippen molar-refractivity contribution < 1.29 is 30.7 Å². The van der Waals surface area contributed by atoms with Crippen molar-refractivity contribution in [3.8, 4) is 11.5 Å². The molecule has 2 aromatic rings. The largest absolute Gasteiger partial charge is 0.382 e. The minimum absolute atomic E-state index is 0.0404. The predicted octanol–water partition coefficient (Wildman–Crippen LogP) is 3.20. The normalized spacial score (nSPS) is 13.4. The van der Waals surface area contributed by atoms with Gasteiger partial charge in [0.15, 0.2) is 12.5 Å². The smallest absolute Gasteiger partial charge is 0.257 e. The molecule has 0 saturated heterocycles. The average molecular weight is 328 g/mol. The van der Waals surface area contributed by atoms with Crippen LogP contribution in [0.25, 0.3) is 11.5 Å². The maximum Gasteiger partial charge on any atom is 0.382 e. The summed E-state index contributed by atoms with van der Waals surface area (Å²) in [6.45, 7) is -2.95. The SMILES string of the molecule is FCC(F)(F)C(F)(F)C(F)(F)c1nc(-c2ccccn2)n[nH]1. The first kappa shape index (κ1) is 16.2. The lowest BCUT2D eigenvalue weighted by molar-refractivity contribution is -0.320. The Balaban J connectivity index is 2.41. The first-order valence-corrected chi connectivity index (χ1v) is 5.67. The summed E-state index contributed by atoms with van der Waals surface area (Å²) < 4.78 is 91.1. The lowest BCUT2D eigenvalue weighted by atomic mass is 10.1. The van der Waals surface area contributed by atoms with Crippen molar-refractivity contribution in [2.45, 2.75) is 17.8 Å². The summed E-state index contributed by atoms with van der Waals surface area (Å²) in [5.74, 6) is -19.3. The van der Waals surface area contributed by atoms with Crippen LogP contribution in [-0.2, 0) is 5.92 Å². The van der Waals surface area contributed by atoms with Gasteiger partial charge in [-0.15, -0.1) is 0 Å². The monoisotopic (exact) mass is 328 g/mol. The topological polar surface area (TPSA) is 54.5 Å². The molecule has 4 nitrogen and oxygen atoms in total. The molecule has 11 heteroatoms. The predicted molar refractivity (Wildman–Crippen MR) is 59.4 cm³/mol. The molecule has 0 unspecified atom stereocenters. The Morgan fingerprint density at radius 1 is 1.05 bits per heavy atom. The Labute approximate surface area is 118 Å². The van der Waals surface area contributed by atoms with Gasteiger partial charge in [-0.3, -0.25) is 10.1 Å². The van der Waals surface area contributed by atoms with E-state index in [-0.39, 0.29) is 5.69 Å². The van der Waals surface area contributed by atoms with Crippen LogP contribution in [0.15, 0.2) is 24.4 Å². The summed E-state index contributed by atoms with van der Waals surface area (Å²) in [6.07, 6.45) is 1.26. The number of H-pyrrole nitrogens is 1. The standard InChI is InChI=1S/C11H7F7N4/c12-5-9(13,14)11(17,18)10(15,16)8-20-7(21-22-8)6-3-1-2-4-19-6/h1-4H,5H2,(H,20,21,22). The number of rotatable bonds is 5. The zero-order valence-electron chi connectivity index (χ0n) is 10.5. The number of nitrogens with one attached hydrogen (secondary N) is 1. The minimum Gasteiger partial charge on any atom is -0.257 e. The fourth-order valence-electron chi connectivity index (χ4n) is 1.47. The maximum atomic E-state index is 13.6. The molecule has 0 bridgehead atoms. The Morgan fingerprint density at radius 3 is 2.27 bits per heavy atom. The van der Waals surface area contributed by atoms with E-state index in [1.807, 2.05) is 0 Å². The molecule has 0 aliphatic rings. The summed E-state index contributed by atoms with van der Waals surface area (Å²) in [4.78, 5) is 6.74. The number of hydrogen-bond acceptors (Lipinski definition) is 3. The minimum atomic E-state index is -5.99. The number of halogens is 7. The van der Waals surface area contributed by atoms with Crippen LogP contribution in [0.4, 0.5) is 30.7 Å². The van der Waals surface area contributed by atoms with Gasteiger partial charge in [0.2, 0.25) is 5.82 Å². The lowest BCUT2D eigenvalue weighted by Crippen LogP contribution is -2.54. The van der Waals surface area contributed by atoms with Gasteiger partial charge in [0.25, 0.3) is 0 Å². The molecule has 2 rings (SSSR count). The highest BCUT2D eigenvalue weighted by Crippen LogP contribution is 2.50. The van der Waals surface area contributed by atoms with Crippen LogP contribution in [0.5, 0.6) is 0 Å². The van der Waals surface area contributed by atoms with Gasteiger partial charge >= 0.3 is 17.8 Å². The van der Waals surface area contributed by atoms with E-state index < -0.39 is 36.1 Å².